The van der Waals surface area contributed by atoms with Crippen molar-refractivity contribution in [3.05, 3.63) is 36.0 Å². The fraction of sp³-hybridized carbons (Fsp3) is 0.462. The molecular weight excluding hydrogens is 258 g/mol. The summed E-state index contributed by atoms with van der Waals surface area (Å²) >= 11 is 0. The average Bonchev–Trinajstić information content (AvgIpc) is 2.94. The van der Waals surface area contributed by atoms with E-state index in [1.54, 1.807) is 19.5 Å². The van der Waals surface area contributed by atoms with Crippen LogP contribution in [0.25, 0.3) is 0 Å². The third-order valence-corrected chi connectivity index (χ3v) is 2.71. The summed E-state index contributed by atoms with van der Waals surface area (Å²) in [5.74, 6) is 0.567. The van der Waals surface area contributed by atoms with Gasteiger partial charge < -0.3 is 19.4 Å². The maximum atomic E-state index is 5.58. The maximum absolute atomic E-state index is 5.58. The molecule has 2 aromatic rings. The summed E-state index contributed by atoms with van der Waals surface area (Å²) in [7, 11) is 3.58. The summed E-state index contributed by atoms with van der Waals surface area (Å²) in [6, 6.07) is 4.42. The molecule has 0 unspecified atom stereocenters. The summed E-state index contributed by atoms with van der Waals surface area (Å²) in [5, 5.41) is 11.2. The molecule has 0 aliphatic rings. The largest absolute Gasteiger partial charge is 0.407 e. The van der Waals surface area contributed by atoms with Gasteiger partial charge in [0.25, 0.3) is 0 Å². The minimum absolute atomic E-state index is 0.505. The van der Waals surface area contributed by atoms with Crippen molar-refractivity contribution in [2.75, 3.05) is 32.2 Å². The predicted octanol–water partition coefficient (Wildman–Crippen LogP) is 0.837. The van der Waals surface area contributed by atoms with E-state index in [4.69, 9.17) is 9.15 Å². The van der Waals surface area contributed by atoms with E-state index in [-0.39, 0.29) is 0 Å². The van der Waals surface area contributed by atoms with E-state index in [1.165, 1.54) is 0 Å². The first-order valence-corrected chi connectivity index (χ1v) is 6.41. The molecule has 0 aliphatic heterocycles. The van der Waals surface area contributed by atoms with Crippen molar-refractivity contribution in [2.45, 2.75) is 13.1 Å². The van der Waals surface area contributed by atoms with E-state index in [0.29, 0.717) is 31.6 Å². The lowest BCUT2D eigenvalue weighted by Crippen LogP contribution is -2.18. The van der Waals surface area contributed by atoms with Crippen LogP contribution in [-0.4, -0.2) is 42.5 Å². The lowest BCUT2D eigenvalue weighted by atomic mass is 10.2. The molecule has 0 aromatic carbocycles. The molecule has 1 N–H and O–H groups in total. The lowest BCUT2D eigenvalue weighted by Gasteiger charge is -2.13. The van der Waals surface area contributed by atoms with E-state index in [9.17, 15) is 0 Å². The van der Waals surface area contributed by atoms with Crippen LogP contribution >= 0.6 is 0 Å². The van der Waals surface area contributed by atoms with E-state index in [0.717, 1.165) is 12.1 Å². The van der Waals surface area contributed by atoms with Crippen molar-refractivity contribution in [3.8, 4) is 0 Å². The van der Waals surface area contributed by atoms with Crippen molar-refractivity contribution in [2.24, 2.45) is 0 Å². The first-order chi connectivity index (χ1) is 9.79. The molecule has 0 amide bonds. The molecule has 7 heteroatoms. The smallest absolute Gasteiger partial charge is 0.318 e. The van der Waals surface area contributed by atoms with Crippen molar-refractivity contribution in [1.82, 2.24) is 20.5 Å². The molecule has 0 bridgehead atoms. The molecule has 0 spiro atoms. The highest BCUT2D eigenvalue weighted by atomic mass is 16.5. The number of anilines is 1. The molecule has 20 heavy (non-hydrogen) atoms. The van der Waals surface area contributed by atoms with E-state index in [2.05, 4.69) is 20.5 Å². The number of methoxy groups -OCH3 is 1. The molecule has 0 radical (unpaired) electrons. The van der Waals surface area contributed by atoms with Gasteiger partial charge in [-0.25, -0.2) is 0 Å². The van der Waals surface area contributed by atoms with Crippen molar-refractivity contribution in [3.63, 3.8) is 0 Å². The second kappa shape index (κ2) is 7.56. The third kappa shape index (κ3) is 4.29. The fourth-order valence-corrected chi connectivity index (χ4v) is 1.67. The summed E-state index contributed by atoms with van der Waals surface area (Å²) in [6.45, 7) is 2.64. The van der Waals surface area contributed by atoms with Crippen LogP contribution in [-0.2, 0) is 17.8 Å². The number of hydrogen-bond donors (Lipinski definition) is 1. The molecule has 0 saturated carbocycles. The van der Waals surface area contributed by atoms with E-state index in [1.807, 2.05) is 24.1 Å². The predicted molar refractivity (Wildman–Crippen MR) is 74.2 cm³/mol. The van der Waals surface area contributed by atoms with Gasteiger partial charge in [0.05, 0.1) is 13.2 Å². The van der Waals surface area contributed by atoms with Gasteiger partial charge in [0.1, 0.15) is 0 Å². The number of pyridine rings is 1. The molecule has 0 atom stereocenters. The summed E-state index contributed by atoms with van der Waals surface area (Å²) < 4.78 is 10.5. The molecule has 2 aromatic heterocycles. The zero-order valence-electron chi connectivity index (χ0n) is 11.7. The van der Waals surface area contributed by atoms with Gasteiger partial charge in [-0.15, -0.1) is 5.10 Å². The Hall–Kier alpha value is -1.99. The molecule has 0 aliphatic carbocycles. The number of rotatable bonds is 8. The Balaban J connectivity index is 1.84. The number of hydrogen-bond acceptors (Lipinski definition) is 7. The Morgan fingerprint density at radius 3 is 2.85 bits per heavy atom. The minimum atomic E-state index is 0.505. The Bertz CT molecular complexity index is 502. The summed E-state index contributed by atoms with van der Waals surface area (Å²) in [6.07, 6.45) is 3.53. The zero-order valence-corrected chi connectivity index (χ0v) is 11.7. The van der Waals surface area contributed by atoms with Gasteiger partial charge in [0.2, 0.25) is 5.89 Å². The molecule has 0 saturated heterocycles. The van der Waals surface area contributed by atoms with Crippen molar-refractivity contribution in [1.29, 1.82) is 0 Å². The molecular formula is C13H19N5O2. The normalized spacial score (nSPS) is 10.7. The number of nitrogens with one attached hydrogen (secondary N) is 1. The third-order valence-electron chi connectivity index (χ3n) is 2.71. The van der Waals surface area contributed by atoms with E-state index < -0.39 is 0 Å². The monoisotopic (exact) mass is 277 g/mol. The first-order valence-electron chi connectivity index (χ1n) is 6.41. The van der Waals surface area contributed by atoms with Gasteiger partial charge >= 0.3 is 6.01 Å². The van der Waals surface area contributed by atoms with Crippen molar-refractivity contribution >= 4 is 6.01 Å². The fourth-order valence-electron chi connectivity index (χ4n) is 1.67. The minimum Gasteiger partial charge on any atom is -0.407 e. The number of ether oxygens (including phenoxy) is 1. The van der Waals surface area contributed by atoms with Gasteiger partial charge in [0, 0.05) is 39.6 Å². The molecule has 2 rings (SSSR count). The summed E-state index contributed by atoms with van der Waals surface area (Å²) in [5.41, 5.74) is 1.14. The number of aromatic nitrogens is 3. The second-order valence-electron chi connectivity index (χ2n) is 4.36. The van der Waals surface area contributed by atoms with Gasteiger partial charge in [0.15, 0.2) is 0 Å². The van der Waals surface area contributed by atoms with Crippen molar-refractivity contribution < 1.29 is 9.15 Å². The van der Waals surface area contributed by atoms with Crippen LogP contribution in [0.5, 0.6) is 0 Å². The van der Waals surface area contributed by atoms with E-state index >= 15 is 0 Å². The highest BCUT2D eigenvalue weighted by molar-refractivity contribution is 5.25. The van der Waals surface area contributed by atoms with Crippen LogP contribution in [0.2, 0.25) is 0 Å². The second-order valence-corrected chi connectivity index (χ2v) is 4.36. The van der Waals surface area contributed by atoms with Crippen LogP contribution in [0.15, 0.2) is 28.9 Å². The Kier molecular flexibility index (Phi) is 5.45. The van der Waals surface area contributed by atoms with Crippen LogP contribution < -0.4 is 10.2 Å². The van der Waals surface area contributed by atoms with Gasteiger partial charge in [-0.05, 0) is 17.7 Å². The van der Waals surface area contributed by atoms with Crippen LogP contribution in [0.4, 0.5) is 6.01 Å². The molecule has 0 fully saturated rings. The van der Waals surface area contributed by atoms with Crippen LogP contribution in [0, 0.1) is 0 Å². The Labute approximate surface area is 118 Å². The maximum Gasteiger partial charge on any atom is 0.318 e. The quantitative estimate of drug-likeness (QED) is 0.716. The highest BCUT2D eigenvalue weighted by Gasteiger charge is 2.10. The summed E-state index contributed by atoms with van der Waals surface area (Å²) in [4.78, 5) is 5.89. The molecule has 108 valence electrons. The average molecular weight is 277 g/mol. The topological polar surface area (TPSA) is 76.3 Å². The zero-order chi connectivity index (χ0) is 14.2. The van der Waals surface area contributed by atoms with Crippen LogP contribution in [0.3, 0.4) is 0 Å². The highest BCUT2D eigenvalue weighted by Crippen LogP contribution is 2.13. The number of nitrogens with zero attached hydrogens (tertiary/aromatic N) is 4. The van der Waals surface area contributed by atoms with Gasteiger partial charge in [-0.2, -0.15) is 0 Å². The van der Waals surface area contributed by atoms with Gasteiger partial charge in [-0.1, -0.05) is 5.10 Å². The lowest BCUT2D eigenvalue weighted by molar-refractivity contribution is 0.198. The standard InChI is InChI=1S/C13H19N5O2/c1-18(10-11-3-5-14-6-4-11)13-17-16-12(20-13)9-15-7-8-19-2/h3-6,15H,7-10H2,1-2H3. The van der Waals surface area contributed by atoms with Crippen LogP contribution in [0.1, 0.15) is 11.5 Å². The molecule has 2 heterocycles. The SMILES string of the molecule is COCCNCc1nnc(N(C)Cc2ccncc2)o1. The molecule has 7 nitrogen and oxygen atoms in total. The Morgan fingerprint density at radius 1 is 1.30 bits per heavy atom. The van der Waals surface area contributed by atoms with Gasteiger partial charge in [-0.3, -0.25) is 4.98 Å². The Morgan fingerprint density at radius 2 is 2.10 bits per heavy atom. The first kappa shape index (κ1) is 14.4.